The number of amides is 1. The van der Waals surface area contributed by atoms with Gasteiger partial charge in [-0.3, -0.25) is 4.79 Å². The Morgan fingerprint density at radius 2 is 1.76 bits per heavy atom. The number of piperidine rings is 1. The molecule has 1 aliphatic heterocycles. The monoisotopic (exact) mass is 387 g/mol. The van der Waals surface area contributed by atoms with E-state index in [2.05, 4.69) is 53.5 Å². The smallest absolute Gasteiger partial charge is 0.230 e. The van der Waals surface area contributed by atoms with Gasteiger partial charge in [0.2, 0.25) is 17.6 Å². The number of hydrogen-bond acceptors (Lipinski definition) is 4. The second-order valence-electron chi connectivity index (χ2n) is 8.28. The number of carbonyl (C=O) groups excluding carboxylic acids is 1. The van der Waals surface area contributed by atoms with E-state index in [1.807, 2.05) is 23.1 Å². The molecule has 2 fully saturated rings. The summed E-state index contributed by atoms with van der Waals surface area (Å²) < 4.78 is 5.55. The van der Waals surface area contributed by atoms with Crippen LogP contribution >= 0.6 is 0 Å². The summed E-state index contributed by atoms with van der Waals surface area (Å²) in [6.45, 7) is 3.59. The molecule has 1 aromatic heterocycles. The van der Waals surface area contributed by atoms with Gasteiger partial charge in [-0.15, -0.1) is 0 Å². The summed E-state index contributed by atoms with van der Waals surface area (Å²) >= 11 is 0. The topological polar surface area (TPSA) is 59.2 Å². The fourth-order valence-corrected chi connectivity index (χ4v) is 4.34. The Labute approximate surface area is 170 Å². The van der Waals surface area contributed by atoms with Gasteiger partial charge in [-0.05, 0) is 37.7 Å². The molecule has 2 aromatic carbocycles. The van der Waals surface area contributed by atoms with Crippen LogP contribution in [0.1, 0.15) is 48.1 Å². The highest BCUT2D eigenvalue weighted by molar-refractivity contribution is 5.83. The van der Waals surface area contributed by atoms with Crippen molar-refractivity contribution in [2.24, 2.45) is 5.92 Å². The maximum Gasteiger partial charge on any atom is 0.230 e. The average Bonchev–Trinajstić information content (AvgIpc) is 3.43. The number of hydrogen-bond donors (Lipinski definition) is 0. The standard InChI is InChI=1S/C24H25N3O2/c1-16-7-9-18(10-8-16)22-25-23(29-26-22)19-11-13-27(14-12-19)24(28)21-15-20(21)17-5-3-2-4-6-17/h2-10,19-21H,11-15H2,1H3. The van der Waals surface area contributed by atoms with Crippen molar-refractivity contribution in [1.82, 2.24) is 15.0 Å². The molecule has 3 aromatic rings. The van der Waals surface area contributed by atoms with Gasteiger partial charge in [0.25, 0.3) is 0 Å². The van der Waals surface area contributed by atoms with Crippen molar-refractivity contribution in [3.8, 4) is 11.4 Å². The van der Waals surface area contributed by atoms with Crippen LogP contribution in [0.25, 0.3) is 11.4 Å². The zero-order chi connectivity index (χ0) is 19.8. The van der Waals surface area contributed by atoms with E-state index in [0.717, 1.165) is 37.9 Å². The average molecular weight is 387 g/mol. The number of nitrogens with zero attached hydrogens (tertiary/aromatic N) is 3. The van der Waals surface area contributed by atoms with Gasteiger partial charge >= 0.3 is 0 Å². The van der Waals surface area contributed by atoms with E-state index in [1.165, 1.54) is 11.1 Å². The van der Waals surface area contributed by atoms with Gasteiger partial charge in [0.05, 0.1) is 0 Å². The maximum absolute atomic E-state index is 12.9. The number of benzene rings is 2. The molecular weight excluding hydrogens is 362 g/mol. The Balaban J connectivity index is 1.18. The third-order valence-electron chi connectivity index (χ3n) is 6.24. The molecule has 2 unspecified atom stereocenters. The van der Waals surface area contributed by atoms with Crippen LogP contribution in [-0.4, -0.2) is 34.0 Å². The van der Waals surface area contributed by atoms with Crippen LogP contribution in [0, 0.1) is 12.8 Å². The molecule has 1 saturated carbocycles. The van der Waals surface area contributed by atoms with Crippen molar-refractivity contribution in [2.45, 2.75) is 38.0 Å². The summed E-state index contributed by atoms with van der Waals surface area (Å²) in [5.41, 5.74) is 3.47. The summed E-state index contributed by atoms with van der Waals surface area (Å²) in [5, 5.41) is 4.16. The predicted molar refractivity (Wildman–Crippen MR) is 110 cm³/mol. The summed E-state index contributed by atoms with van der Waals surface area (Å²) in [4.78, 5) is 19.5. The van der Waals surface area contributed by atoms with Crippen molar-refractivity contribution in [3.63, 3.8) is 0 Å². The van der Waals surface area contributed by atoms with E-state index in [-0.39, 0.29) is 11.8 Å². The molecule has 2 heterocycles. The van der Waals surface area contributed by atoms with Crippen molar-refractivity contribution < 1.29 is 9.32 Å². The summed E-state index contributed by atoms with van der Waals surface area (Å²) in [6.07, 6.45) is 2.74. The van der Waals surface area contributed by atoms with Crippen LogP contribution in [0.5, 0.6) is 0 Å². The number of likely N-dealkylation sites (tertiary alicyclic amines) is 1. The van der Waals surface area contributed by atoms with Gasteiger partial charge in [-0.25, -0.2) is 0 Å². The summed E-state index contributed by atoms with van der Waals surface area (Å²) in [6, 6.07) is 18.5. The molecule has 5 heteroatoms. The minimum absolute atomic E-state index is 0.158. The Kier molecular flexibility index (Phi) is 4.66. The highest BCUT2D eigenvalue weighted by Gasteiger charge is 2.46. The van der Waals surface area contributed by atoms with E-state index >= 15 is 0 Å². The Hall–Kier alpha value is -2.95. The normalized spacial score (nSPS) is 21.9. The molecule has 1 saturated heterocycles. The first-order valence-electron chi connectivity index (χ1n) is 10.4. The third kappa shape index (κ3) is 3.69. The number of aromatic nitrogens is 2. The lowest BCUT2D eigenvalue weighted by Gasteiger charge is -2.30. The van der Waals surface area contributed by atoms with E-state index in [0.29, 0.717) is 23.5 Å². The second kappa shape index (κ2) is 7.47. The molecule has 1 aliphatic carbocycles. The second-order valence-corrected chi connectivity index (χ2v) is 8.28. The fraction of sp³-hybridized carbons (Fsp3) is 0.375. The van der Waals surface area contributed by atoms with Gasteiger partial charge in [-0.2, -0.15) is 4.98 Å². The molecule has 2 aliphatic rings. The molecular formula is C24H25N3O2. The number of aryl methyl sites for hydroxylation is 1. The molecule has 0 spiro atoms. The fourth-order valence-electron chi connectivity index (χ4n) is 4.34. The van der Waals surface area contributed by atoms with Crippen LogP contribution in [-0.2, 0) is 4.79 Å². The largest absolute Gasteiger partial charge is 0.342 e. The van der Waals surface area contributed by atoms with Gasteiger partial charge in [0, 0.05) is 30.5 Å². The van der Waals surface area contributed by atoms with Crippen LogP contribution < -0.4 is 0 Å². The first kappa shape index (κ1) is 18.1. The number of rotatable bonds is 4. The molecule has 29 heavy (non-hydrogen) atoms. The molecule has 0 N–H and O–H groups in total. The highest BCUT2D eigenvalue weighted by atomic mass is 16.5. The van der Waals surface area contributed by atoms with E-state index in [4.69, 9.17) is 4.52 Å². The summed E-state index contributed by atoms with van der Waals surface area (Å²) in [7, 11) is 0. The van der Waals surface area contributed by atoms with Crippen molar-refractivity contribution in [3.05, 3.63) is 71.6 Å². The third-order valence-corrected chi connectivity index (χ3v) is 6.24. The predicted octanol–water partition coefficient (Wildman–Crippen LogP) is 4.55. The zero-order valence-electron chi connectivity index (χ0n) is 16.6. The first-order valence-corrected chi connectivity index (χ1v) is 10.4. The minimum atomic E-state index is 0.158. The Morgan fingerprint density at radius 3 is 2.48 bits per heavy atom. The van der Waals surface area contributed by atoms with Crippen molar-refractivity contribution in [2.75, 3.05) is 13.1 Å². The minimum Gasteiger partial charge on any atom is -0.342 e. The Morgan fingerprint density at radius 1 is 1.03 bits per heavy atom. The Bertz CT molecular complexity index is 988. The van der Waals surface area contributed by atoms with Gasteiger partial charge in [-0.1, -0.05) is 65.3 Å². The zero-order valence-corrected chi connectivity index (χ0v) is 16.6. The van der Waals surface area contributed by atoms with Crippen molar-refractivity contribution in [1.29, 1.82) is 0 Å². The SMILES string of the molecule is Cc1ccc(-c2noc(C3CCN(C(=O)C4CC4c4ccccc4)CC3)n2)cc1. The molecule has 2 atom stereocenters. The molecule has 148 valence electrons. The highest BCUT2D eigenvalue weighted by Crippen LogP contribution is 2.48. The maximum atomic E-state index is 12.9. The molecule has 0 bridgehead atoms. The van der Waals surface area contributed by atoms with Crippen LogP contribution in [0.15, 0.2) is 59.1 Å². The van der Waals surface area contributed by atoms with Crippen LogP contribution in [0.4, 0.5) is 0 Å². The lowest BCUT2D eigenvalue weighted by Crippen LogP contribution is -2.39. The van der Waals surface area contributed by atoms with Gasteiger partial charge < -0.3 is 9.42 Å². The summed E-state index contributed by atoms with van der Waals surface area (Å²) in [5.74, 6) is 2.43. The lowest BCUT2D eigenvalue weighted by molar-refractivity contribution is -0.133. The molecule has 5 nitrogen and oxygen atoms in total. The molecule has 0 radical (unpaired) electrons. The van der Waals surface area contributed by atoms with Gasteiger partial charge in [0.15, 0.2) is 0 Å². The van der Waals surface area contributed by atoms with Crippen LogP contribution in [0.2, 0.25) is 0 Å². The van der Waals surface area contributed by atoms with E-state index in [1.54, 1.807) is 0 Å². The van der Waals surface area contributed by atoms with E-state index < -0.39 is 0 Å². The quantitative estimate of drug-likeness (QED) is 0.659. The van der Waals surface area contributed by atoms with Gasteiger partial charge in [0.1, 0.15) is 0 Å². The molecule has 1 amide bonds. The van der Waals surface area contributed by atoms with E-state index in [9.17, 15) is 4.79 Å². The van der Waals surface area contributed by atoms with Crippen molar-refractivity contribution >= 4 is 5.91 Å². The molecule has 5 rings (SSSR count). The first-order chi connectivity index (χ1) is 14.2. The lowest BCUT2D eigenvalue weighted by atomic mass is 9.96. The number of carbonyl (C=O) groups is 1. The van der Waals surface area contributed by atoms with Crippen LogP contribution in [0.3, 0.4) is 0 Å².